The largest absolute Gasteiger partial charge is 0.346 e. The first-order valence-corrected chi connectivity index (χ1v) is 6.14. The molecular weight excluding hydrogens is 250 g/mol. The maximum Gasteiger partial charge on any atom is 0.0627 e. The van der Waals surface area contributed by atoms with Gasteiger partial charge in [0, 0.05) is 22.6 Å². The van der Waals surface area contributed by atoms with Crippen LogP contribution < -0.4 is 0 Å². The van der Waals surface area contributed by atoms with E-state index in [1.807, 2.05) is 0 Å². The third-order valence-corrected chi connectivity index (χ3v) is 3.97. The second kappa shape index (κ2) is 3.38. The summed E-state index contributed by atoms with van der Waals surface area (Å²) in [5, 5.41) is 1.41. The fraction of sp³-hybridized carbons (Fsp3) is 0.308. The number of hydrogen-bond donors (Lipinski definition) is 0. The van der Waals surface area contributed by atoms with Crippen LogP contribution in [0.4, 0.5) is 0 Å². The summed E-state index contributed by atoms with van der Waals surface area (Å²) < 4.78 is 3.55. The summed E-state index contributed by atoms with van der Waals surface area (Å²) in [6.45, 7) is 0. The van der Waals surface area contributed by atoms with Gasteiger partial charge in [0.15, 0.2) is 0 Å². The lowest BCUT2D eigenvalue weighted by atomic mass is 9.96. The summed E-state index contributed by atoms with van der Waals surface area (Å²) in [5.74, 6) is 0. The van der Waals surface area contributed by atoms with Gasteiger partial charge in [-0.25, -0.2) is 0 Å². The van der Waals surface area contributed by atoms with Gasteiger partial charge in [-0.3, -0.25) is 0 Å². The highest BCUT2D eigenvalue weighted by Gasteiger charge is 2.18. The molecule has 2 aromatic rings. The first-order chi connectivity index (χ1) is 7.29. The lowest BCUT2D eigenvalue weighted by Crippen LogP contribution is -2.05. The molecule has 1 aromatic carbocycles. The predicted molar refractivity (Wildman–Crippen MR) is 66.9 cm³/mol. The van der Waals surface area contributed by atoms with Crippen molar-refractivity contribution in [3.63, 3.8) is 0 Å². The second-order valence-corrected chi connectivity index (χ2v) is 5.01. The van der Waals surface area contributed by atoms with E-state index in [0.717, 1.165) is 6.42 Å². The average Bonchev–Trinajstić information content (AvgIpc) is 2.55. The smallest absolute Gasteiger partial charge is 0.0627 e. The van der Waals surface area contributed by atoms with Gasteiger partial charge in [-0.05, 0) is 53.2 Å². The molecule has 1 radical (unpaired) electrons. The number of para-hydroxylation sites is 1. The molecule has 77 valence electrons. The molecule has 0 bridgehead atoms. The fourth-order valence-electron chi connectivity index (χ4n) is 2.62. The number of aromatic nitrogens is 1. The maximum absolute atomic E-state index is 3.64. The van der Waals surface area contributed by atoms with Gasteiger partial charge in [-0.2, -0.15) is 0 Å². The van der Waals surface area contributed by atoms with Gasteiger partial charge in [-0.1, -0.05) is 12.1 Å². The van der Waals surface area contributed by atoms with Gasteiger partial charge < -0.3 is 4.57 Å². The van der Waals surface area contributed by atoms with Crippen LogP contribution >= 0.6 is 15.9 Å². The molecule has 1 aliphatic rings. The predicted octanol–water partition coefficient (Wildman–Crippen LogP) is 3.63. The van der Waals surface area contributed by atoms with E-state index in [9.17, 15) is 0 Å². The Bertz CT molecular complexity index is 525. The second-order valence-electron chi connectivity index (χ2n) is 4.15. The Morgan fingerprint density at radius 2 is 2.20 bits per heavy atom. The van der Waals surface area contributed by atoms with Crippen LogP contribution in [0.1, 0.15) is 17.7 Å². The first kappa shape index (κ1) is 9.46. The quantitative estimate of drug-likeness (QED) is 0.684. The van der Waals surface area contributed by atoms with Crippen molar-refractivity contribution >= 4 is 26.8 Å². The number of benzene rings is 1. The van der Waals surface area contributed by atoms with Gasteiger partial charge in [0.1, 0.15) is 0 Å². The number of nitrogens with zero attached hydrogens (tertiary/aromatic N) is 1. The zero-order valence-electron chi connectivity index (χ0n) is 8.76. The van der Waals surface area contributed by atoms with E-state index in [1.165, 1.54) is 39.5 Å². The SMILES string of the molecule is Cn1c2c(c3cccc(Br)c31)C[CH]CC2. The molecule has 0 unspecified atom stereocenters. The Balaban J connectivity index is 2.44. The Morgan fingerprint density at radius 1 is 1.33 bits per heavy atom. The standard InChI is InChI=1S/C13H13BrN/c1-15-12-8-3-2-5-9(12)10-6-4-7-11(14)13(10)15/h2,4,6-7H,3,5,8H2,1H3. The molecule has 1 aliphatic carbocycles. The molecular formula is C13H13BrN. The van der Waals surface area contributed by atoms with Crippen molar-refractivity contribution in [2.24, 2.45) is 7.05 Å². The molecule has 15 heavy (non-hydrogen) atoms. The van der Waals surface area contributed by atoms with Crippen LogP contribution in [0.3, 0.4) is 0 Å². The molecule has 0 N–H and O–H groups in total. The third kappa shape index (κ3) is 1.27. The van der Waals surface area contributed by atoms with Crippen molar-refractivity contribution in [3.8, 4) is 0 Å². The molecule has 0 fully saturated rings. The summed E-state index contributed by atoms with van der Waals surface area (Å²) in [6.07, 6.45) is 5.92. The molecule has 0 saturated heterocycles. The number of halogens is 1. The van der Waals surface area contributed by atoms with Crippen LogP contribution in [-0.4, -0.2) is 4.57 Å². The lowest BCUT2D eigenvalue weighted by Gasteiger charge is -2.12. The van der Waals surface area contributed by atoms with Crippen LogP contribution in [0.2, 0.25) is 0 Å². The van der Waals surface area contributed by atoms with Crippen molar-refractivity contribution in [1.29, 1.82) is 0 Å². The number of hydrogen-bond acceptors (Lipinski definition) is 0. The van der Waals surface area contributed by atoms with Gasteiger partial charge in [0.2, 0.25) is 0 Å². The summed E-state index contributed by atoms with van der Waals surface area (Å²) in [5.41, 5.74) is 4.39. The Labute approximate surface area is 98.2 Å². The van der Waals surface area contributed by atoms with Crippen molar-refractivity contribution in [2.45, 2.75) is 19.3 Å². The topological polar surface area (TPSA) is 4.93 Å². The van der Waals surface area contributed by atoms with Gasteiger partial charge in [0.25, 0.3) is 0 Å². The van der Waals surface area contributed by atoms with E-state index in [4.69, 9.17) is 0 Å². The fourth-order valence-corrected chi connectivity index (χ4v) is 3.26. The molecule has 0 atom stereocenters. The highest BCUT2D eigenvalue weighted by atomic mass is 79.9. The molecule has 0 saturated carbocycles. The van der Waals surface area contributed by atoms with Crippen LogP contribution in [0.15, 0.2) is 22.7 Å². The number of rotatable bonds is 0. The van der Waals surface area contributed by atoms with Crippen LogP contribution in [0.25, 0.3) is 10.9 Å². The summed E-state index contributed by atoms with van der Waals surface area (Å²) in [7, 11) is 2.18. The Morgan fingerprint density at radius 3 is 3.07 bits per heavy atom. The van der Waals surface area contributed by atoms with E-state index in [2.05, 4.69) is 52.2 Å². The molecule has 0 spiro atoms. The van der Waals surface area contributed by atoms with Crippen molar-refractivity contribution in [3.05, 3.63) is 40.4 Å². The van der Waals surface area contributed by atoms with Crippen molar-refractivity contribution in [1.82, 2.24) is 4.57 Å². The average molecular weight is 263 g/mol. The molecule has 3 rings (SSSR count). The molecule has 1 aromatic heterocycles. The lowest BCUT2D eigenvalue weighted by molar-refractivity contribution is 0.752. The molecule has 0 aliphatic heterocycles. The summed E-state index contributed by atoms with van der Waals surface area (Å²) in [6, 6.07) is 6.48. The van der Waals surface area contributed by atoms with Crippen LogP contribution in [-0.2, 0) is 19.9 Å². The van der Waals surface area contributed by atoms with Crippen molar-refractivity contribution in [2.75, 3.05) is 0 Å². The van der Waals surface area contributed by atoms with Crippen LogP contribution in [0.5, 0.6) is 0 Å². The van der Waals surface area contributed by atoms with E-state index < -0.39 is 0 Å². The van der Waals surface area contributed by atoms with E-state index in [-0.39, 0.29) is 0 Å². The minimum atomic E-state index is 1.13. The number of aryl methyl sites for hydroxylation is 1. The van der Waals surface area contributed by atoms with E-state index in [1.54, 1.807) is 0 Å². The highest BCUT2D eigenvalue weighted by molar-refractivity contribution is 9.10. The molecule has 1 nitrogen and oxygen atoms in total. The Hall–Kier alpha value is -0.760. The first-order valence-electron chi connectivity index (χ1n) is 5.35. The molecule has 0 amide bonds. The maximum atomic E-state index is 3.64. The van der Waals surface area contributed by atoms with Crippen molar-refractivity contribution < 1.29 is 0 Å². The van der Waals surface area contributed by atoms with Gasteiger partial charge >= 0.3 is 0 Å². The minimum Gasteiger partial charge on any atom is -0.346 e. The monoisotopic (exact) mass is 262 g/mol. The van der Waals surface area contributed by atoms with E-state index >= 15 is 0 Å². The summed E-state index contributed by atoms with van der Waals surface area (Å²) in [4.78, 5) is 0. The zero-order valence-corrected chi connectivity index (χ0v) is 10.3. The zero-order chi connectivity index (χ0) is 10.4. The molecule has 1 heterocycles. The highest BCUT2D eigenvalue weighted by Crippen LogP contribution is 2.34. The number of fused-ring (bicyclic) bond motifs is 3. The van der Waals surface area contributed by atoms with Gasteiger partial charge in [0.05, 0.1) is 5.52 Å². The van der Waals surface area contributed by atoms with E-state index in [0.29, 0.717) is 0 Å². The Kier molecular flexibility index (Phi) is 2.13. The van der Waals surface area contributed by atoms with Crippen LogP contribution in [0, 0.1) is 6.42 Å². The minimum absolute atomic E-state index is 1.13. The summed E-state index contributed by atoms with van der Waals surface area (Å²) >= 11 is 3.64. The third-order valence-electron chi connectivity index (χ3n) is 3.33. The van der Waals surface area contributed by atoms with Gasteiger partial charge in [-0.15, -0.1) is 0 Å². The molecule has 2 heteroatoms. The normalized spacial score (nSPS) is 15.6.